The van der Waals surface area contributed by atoms with Crippen LogP contribution in [0.15, 0.2) is 53.6 Å². The number of hydrogen-bond donors (Lipinski definition) is 1. The number of nitrogens with one attached hydrogen (secondary N) is 1. The van der Waals surface area contributed by atoms with Crippen molar-refractivity contribution in [3.05, 3.63) is 65.5 Å². The van der Waals surface area contributed by atoms with Crippen LogP contribution in [0.5, 0.6) is 5.75 Å². The first-order chi connectivity index (χ1) is 10.7. The fraction of sp³-hybridized carbons (Fsp3) is 0.176. The normalized spacial score (nSPS) is 10.6. The van der Waals surface area contributed by atoms with Crippen molar-refractivity contribution in [3.63, 3.8) is 0 Å². The highest BCUT2D eigenvalue weighted by molar-refractivity contribution is 5.94. The number of hydrazone groups is 1. The van der Waals surface area contributed by atoms with E-state index >= 15 is 0 Å². The van der Waals surface area contributed by atoms with Gasteiger partial charge in [-0.15, -0.1) is 0 Å². The first-order valence-corrected chi connectivity index (χ1v) is 7.01. The van der Waals surface area contributed by atoms with E-state index < -0.39 is 0 Å². The Morgan fingerprint density at radius 3 is 2.50 bits per heavy atom. The molecule has 0 unspecified atom stereocenters. The molecule has 2 aromatic carbocycles. The number of amides is 1. The van der Waals surface area contributed by atoms with Gasteiger partial charge in [0.1, 0.15) is 11.6 Å². The molecule has 4 nitrogen and oxygen atoms in total. The van der Waals surface area contributed by atoms with E-state index in [1.807, 2.05) is 31.2 Å². The molecule has 1 N–H and O–H groups in total. The third-order valence-electron chi connectivity index (χ3n) is 2.84. The second-order valence-electron chi connectivity index (χ2n) is 4.62. The molecule has 22 heavy (non-hydrogen) atoms. The Hall–Kier alpha value is -2.69. The maximum Gasteiger partial charge on any atom is 0.271 e. The van der Waals surface area contributed by atoms with Gasteiger partial charge < -0.3 is 4.74 Å². The number of benzene rings is 2. The Bertz CT molecular complexity index is 637. The third kappa shape index (κ3) is 4.70. The highest BCUT2D eigenvalue weighted by Gasteiger charge is 2.03. The fourth-order valence-corrected chi connectivity index (χ4v) is 1.70. The van der Waals surface area contributed by atoms with Gasteiger partial charge in [-0.25, -0.2) is 9.82 Å². The minimum atomic E-state index is -0.390. The average Bonchev–Trinajstić information content (AvgIpc) is 2.54. The fourth-order valence-electron chi connectivity index (χ4n) is 1.70. The van der Waals surface area contributed by atoms with E-state index in [0.29, 0.717) is 12.2 Å². The third-order valence-corrected chi connectivity index (χ3v) is 2.84. The lowest BCUT2D eigenvalue weighted by molar-refractivity contribution is 0.0955. The molecule has 0 saturated heterocycles. The zero-order valence-electron chi connectivity index (χ0n) is 12.3. The lowest BCUT2D eigenvalue weighted by Crippen LogP contribution is -2.17. The standard InChI is InChI=1S/C17H17FN2O2/c1-2-11-22-16-9-3-13(4-10-16)12-19-20-17(21)14-5-7-15(18)8-6-14/h3-10,12H,2,11H2,1H3,(H,20,21)/b19-12+. The molecule has 0 atom stereocenters. The smallest absolute Gasteiger partial charge is 0.271 e. The van der Waals surface area contributed by atoms with Gasteiger partial charge in [-0.3, -0.25) is 4.79 Å². The summed E-state index contributed by atoms with van der Waals surface area (Å²) in [7, 11) is 0. The zero-order chi connectivity index (χ0) is 15.8. The summed E-state index contributed by atoms with van der Waals surface area (Å²) in [5.41, 5.74) is 3.58. The van der Waals surface area contributed by atoms with E-state index in [-0.39, 0.29) is 11.7 Å². The Kier molecular flexibility index (Phi) is 5.65. The predicted octanol–water partition coefficient (Wildman–Crippen LogP) is 3.38. The van der Waals surface area contributed by atoms with Gasteiger partial charge in [0.15, 0.2) is 0 Å². The molecule has 0 saturated carbocycles. The first-order valence-electron chi connectivity index (χ1n) is 7.01. The molecule has 0 spiro atoms. The lowest BCUT2D eigenvalue weighted by atomic mass is 10.2. The molecule has 0 fully saturated rings. The quantitative estimate of drug-likeness (QED) is 0.657. The minimum Gasteiger partial charge on any atom is -0.494 e. The van der Waals surface area contributed by atoms with Crippen LogP contribution < -0.4 is 10.2 Å². The minimum absolute atomic E-state index is 0.349. The van der Waals surface area contributed by atoms with Gasteiger partial charge in [-0.05, 0) is 60.5 Å². The van der Waals surface area contributed by atoms with Crippen LogP contribution in [-0.4, -0.2) is 18.7 Å². The van der Waals surface area contributed by atoms with Gasteiger partial charge in [0.2, 0.25) is 0 Å². The van der Waals surface area contributed by atoms with Gasteiger partial charge >= 0.3 is 0 Å². The van der Waals surface area contributed by atoms with Crippen LogP contribution in [0.4, 0.5) is 4.39 Å². The molecule has 0 aliphatic rings. The van der Waals surface area contributed by atoms with Crippen molar-refractivity contribution in [2.24, 2.45) is 5.10 Å². The first kappa shape index (κ1) is 15.7. The summed E-state index contributed by atoms with van der Waals surface area (Å²) in [5, 5.41) is 3.87. The van der Waals surface area contributed by atoms with Gasteiger partial charge in [0, 0.05) is 5.56 Å². The van der Waals surface area contributed by atoms with E-state index in [1.165, 1.54) is 30.5 Å². The summed E-state index contributed by atoms with van der Waals surface area (Å²) < 4.78 is 18.2. The van der Waals surface area contributed by atoms with Crippen molar-refractivity contribution < 1.29 is 13.9 Å². The molecule has 5 heteroatoms. The zero-order valence-corrected chi connectivity index (χ0v) is 12.3. The number of carbonyl (C=O) groups is 1. The largest absolute Gasteiger partial charge is 0.494 e. The summed E-state index contributed by atoms with van der Waals surface area (Å²) in [5.74, 6) is 0.0268. The van der Waals surface area contributed by atoms with Crippen LogP contribution >= 0.6 is 0 Å². The molecular formula is C17H17FN2O2. The SMILES string of the molecule is CCCOc1ccc(/C=N/NC(=O)c2ccc(F)cc2)cc1. The maximum atomic E-state index is 12.8. The van der Waals surface area contributed by atoms with Gasteiger partial charge in [-0.2, -0.15) is 5.10 Å². The van der Waals surface area contributed by atoms with E-state index in [9.17, 15) is 9.18 Å². The number of rotatable bonds is 6. The predicted molar refractivity (Wildman–Crippen MR) is 83.7 cm³/mol. The van der Waals surface area contributed by atoms with Crippen molar-refractivity contribution in [2.45, 2.75) is 13.3 Å². The monoisotopic (exact) mass is 300 g/mol. The Morgan fingerprint density at radius 1 is 1.18 bits per heavy atom. The molecular weight excluding hydrogens is 283 g/mol. The number of halogens is 1. The average molecular weight is 300 g/mol. The van der Waals surface area contributed by atoms with Crippen LogP contribution in [-0.2, 0) is 0 Å². The van der Waals surface area contributed by atoms with Crippen LogP contribution in [0, 0.1) is 5.82 Å². The topological polar surface area (TPSA) is 50.7 Å². The molecule has 2 aromatic rings. The molecule has 0 radical (unpaired) electrons. The molecule has 0 bridgehead atoms. The summed E-state index contributed by atoms with van der Waals surface area (Å²) in [6.45, 7) is 2.73. The Balaban J connectivity index is 1.89. The van der Waals surface area contributed by atoms with Crippen LogP contribution in [0.1, 0.15) is 29.3 Å². The maximum absolute atomic E-state index is 12.8. The lowest BCUT2D eigenvalue weighted by Gasteiger charge is -2.04. The van der Waals surface area contributed by atoms with Crippen molar-refractivity contribution in [3.8, 4) is 5.75 Å². The van der Waals surface area contributed by atoms with E-state index in [2.05, 4.69) is 10.5 Å². The van der Waals surface area contributed by atoms with Gasteiger partial charge in [0.05, 0.1) is 12.8 Å². The van der Waals surface area contributed by atoms with Gasteiger partial charge in [-0.1, -0.05) is 6.92 Å². The molecule has 0 aliphatic heterocycles. The summed E-state index contributed by atoms with van der Waals surface area (Å²) in [4.78, 5) is 11.8. The number of hydrogen-bond acceptors (Lipinski definition) is 3. The second kappa shape index (κ2) is 7.93. The number of nitrogens with zero attached hydrogens (tertiary/aromatic N) is 1. The summed E-state index contributed by atoms with van der Waals surface area (Å²) in [6, 6.07) is 12.6. The molecule has 0 heterocycles. The van der Waals surface area contributed by atoms with Gasteiger partial charge in [0.25, 0.3) is 5.91 Å². The number of carbonyl (C=O) groups excluding carboxylic acids is 1. The van der Waals surface area contributed by atoms with Crippen molar-refractivity contribution >= 4 is 12.1 Å². The van der Waals surface area contributed by atoms with Crippen LogP contribution in [0.25, 0.3) is 0 Å². The van der Waals surface area contributed by atoms with E-state index in [1.54, 1.807) is 0 Å². The van der Waals surface area contributed by atoms with Crippen molar-refractivity contribution in [1.29, 1.82) is 0 Å². The van der Waals surface area contributed by atoms with Crippen molar-refractivity contribution in [2.75, 3.05) is 6.61 Å². The van der Waals surface area contributed by atoms with E-state index in [0.717, 1.165) is 17.7 Å². The highest BCUT2D eigenvalue weighted by Crippen LogP contribution is 2.11. The molecule has 0 aliphatic carbocycles. The molecule has 114 valence electrons. The Morgan fingerprint density at radius 2 is 1.86 bits per heavy atom. The van der Waals surface area contributed by atoms with Crippen molar-refractivity contribution in [1.82, 2.24) is 5.43 Å². The molecule has 1 amide bonds. The second-order valence-corrected chi connectivity index (χ2v) is 4.62. The summed E-state index contributed by atoms with van der Waals surface area (Å²) >= 11 is 0. The van der Waals surface area contributed by atoms with Crippen LogP contribution in [0.3, 0.4) is 0 Å². The van der Waals surface area contributed by atoms with Crippen LogP contribution in [0.2, 0.25) is 0 Å². The van der Waals surface area contributed by atoms with E-state index in [4.69, 9.17) is 4.74 Å². The molecule has 0 aromatic heterocycles. The molecule has 2 rings (SSSR count). The Labute approximate surface area is 128 Å². The summed E-state index contributed by atoms with van der Waals surface area (Å²) in [6.07, 6.45) is 2.49. The number of ether oxygens (including phenoxy) is 1. The highest BCUT2D eigenvalue weighted by atomic mass is 19.1.